The Morgan fingerprint density at radius 1 is 1.00 bits per heavy atom. The van der Waals surface area contributed by atoms with Gasteiger partial charge in [0.15, 0.2) is 0 Å². The fraction of sp³-hybridized carbons (Fsp3) is 0.353. The summed E-state index contributed by atoms with van der Waals surface area (Å²) in [6.45, 7) is 1.73. The van der Waals surface area contributed by atoms with Crippen LogP contribution < -0.4 is 9.64 Å². The fourth-order valence-corrected chi connectivity index (χ4v) is 1.93. The third-order valence-corrected chi connectivity index (χ3v) is 3.18. The first-order valence-corrected chi connectivity index (χ1v) is 7.15. The lowest BCUT2D eigenvalue weighted by Gasteiger charge is -2.09. The molecule has 2 rings (SSSR count). The van der Waals surface area contributed by atoms with Crippen molar-refractivity contribution in [3.8, 4) is 5.75 Å². The first-order chi connectivity index (χ1) is 9.74. The van der Waals surface area contributed by atoms with Crippen LogP contribution in [0.2, 0.25) is 0 Å². The standard InChI is InChI=1S/C17H22N2O/c1-19(2)12-13-20-17-11-10-16(18-14-17)9-8-15-6-4-3-5-7-15/h3-7,10-11,14H,8-9,12-13H2,1-2H3/p+1. The Bertz CT molecular complexity index is 494. The molecule has 0 amide bonds. The van der Waals surface area contributed by atoms with Crippen molar-refractivity contribution in [2.45, 2.75) is 12.8 Å². The number of hydrogen-bond donors (Lipinski definition) is 1. The van der Waals surface area contributed by atoms with E-state index < -0.39 is 0 Å². The van der Waals surface area contributed by atoms with Crippen molar-refractivity contribution in [1.29, 1.82) is 0 Å². The Morgan fingerprint density at radius 2 is 1.80 bits per heavy atom. The average molecular weight is 271 g/mol. The summed E-state index contributed by atoms with van der Waals surface area (Å²) in [5, 5.41) is 0. The molecule has 3 heteroatoms. The highest BCUT2D eigenvalue weighted by atomic mass is 16.5. The van der Waals surface area contributed by atoms with Gasteiger partial charge in [0, 0.05) is 5.69 Å². The lowest BCUT2D eigenvalue weighted by Crippen LogP contribution is -3.06. The zero-order valence-corrected chi connectivity index (χ0v) is 12.3. The van der Waals surface area contributed by atoms with Gasteiger partial charge in [-0.3, -0.25) is 4.98 Å². The van der Waals surface area contributed by atoms with Gasteiger partial charge in [0.25, 0.3) is 0 Å². The molecule has 1 N–H and O–H groups in total. The van der Waals surface area contributed by atoms with E-state index in [0.29, 0.717) is 0 Å². The van der Waals surface area contributed by atoms with E-state index in [9.17, 15) is 0 Å². The molecule has 20 heavy (non-hydrogen) atoms. The van der Waals surface area contributed by atoms with E-state index >= 15 is 0 Å². The molecule has 0 unspecified atom stereocenters. The molecule has 0 aliphatic heterocycles. The smallest absolute Gasteiger partial charge is 0.137 e. The average Bonchev–Trinajstić information content (AvgIpc) is 2.47. The molecule has 0 saturated heterocycles. The van der Waals surface area contributed by atoms with Crippen molar-refractivity contribution in [2.75, 3.05) is 27.2 Å². The van der Waals surface area contributed by atoms with E-state index in [2.05, 4.69) is 49.4 Å². The topological polar surface area (TPSA) is 26.6 Å². The minimum absolute atomic E-state index is 0.730. The summed E-state index contributed by atoms with van der Waals surface area (Å²) in [7, 11) is 4.24. The maximum atomic E-state index is 5.65. The third kappa shape index (κ3) is 5.02. The zero-order valence-electron chi connectivity index (χ0n) is 12.3. The van der Waals surface area contributed by atoms with Crippen LogP contribution in [0.4, 0.5) is 0 Å². The molecule has 2 aromatic rings. The summed E-state index contributed by atoms with van der Waals surface area (Å²) >= 11 is 0. The molecule has 0 aliphatic rings. The van der Waals surface area contributed by atoms with Gasteiger partial charge < -0.3 is 9.64 Å². The summed E-state index contributed by atoms with van der Waals surface area (Å²) in [5.74, 6) is 0.856. The SMILES string of the molecule is C[NH+](C)CCOc1ccc(CCc2ccccc2)nc1. The number of likely N-dealkylation sites (N-methyl/N-ethyl adjacent to an activating group) is 1. The molecule has 1 heterocycles. The molecule has 0 aliphatic carbocycles. The van der Waals surface area contributed by atoms with Gasteiger partial charge in [-0.05, 0) is 30.5 Å². The van der Waals surface area contributed by atoms with Crippen molar-refractivity contribution >= 4 is 0 Å². The number of nitrogens with zero attached hydrogens (tertiary/aromatic N) is 1. The monoisotopic (exact) mass is 271 g/mol. The molecule has 3 nitrogen and oxygen atoms in total. The van der Waals surface area contributed by atoms with Crippen LogP contribution in [0, 0.1) is 0 Å². The van der Waals surface area contributed by atoms with E-state index in [4.69, 9.17) is 4.74 Å². The summed E-state index contributed by atoms with van der Waals surface area (Å²) in [4.78, 5) is 5.85. The number of pyridine rings is 1. The predicted octanol–water partition coefficient (Wildman–Crippen LogP) is 1.39. The Morgan fingerprint density at radius 3 is 2.45 bits per heavy atom. The highest BCUT2D eigenvalue weighted by molar-refractivity contribution is 5.21. The van der Waals surface area contributed by atoms with Gasteiger partial charge in [0.1, 0.15) is 18.9 Å². The van der Waals surface area contributed by atoms with Crippen LogP contribution in [0.1, 0.15) is 11.3 Å². The van der Waals surface area contributed by atoms with Gasteiger partial charge in [-0.2, -0.15) is 0 Å². The van der Waals surface area contributed by atoms with Gasteiger partial charge in [-0.25, -0.2) is 0 Å². The number of quaternary nitrogens is 1. The molecule has 0 saturated carbocycles. The van der Waals surface area contributed by atoms with Crippen LogP contribution in [-0.2, 0) is 12.8 Å². The van der Waals surface area contributed by atoms with Gasteiger partial charge >= 0.3 is 0 Å². The molecule has 0 bridgehead atoms. The van der Waals surface area contributed by atoms with Crippen molar-refractivity contribution in [3.63, 3.8) is 0 Å². The van der Waals surface area contributed by atoms with Crippen LogP contribution in [0.3, 0.4) is 0 Å². The molecule has 0 fully saturated rings. The summed E-state index contributed by atoms with van der Waals surface area (Å²) in [6, 6.07) is 14.6. The van der Waals surface area contributed by atoms with E-state index in [0.717, 1.165) is 37.4 Å². The molecule has 0 atom stereocenters. The predicted molar refractivity (Wildman–Crippen MR) is 81.3 cm³/mol. The Hall–Kier alpha value is -1.87. The van der Waals surface area contributed by atoms with Crippen LogP contribution in [0.15, 0.2) is 48.7 Å². The molecular formula is C17H23N2O+. The second kappa shape index (κ2) is 7.65. The summed E-state index contributed by atoms with van der Waals surface area (Å²) in [6.07, 6.45) is 3.81. The lowest BCUT2D eigenvalue weighted by molar-refractivity contribution is -0.858. The normalized spacial score (nSPS) is 10.8. The fourth-order valence-electron chi connectivity index (χ4n) is 1.93. The molecule has 1 aromatic carbocycles. The second-order valence-corrected chi connectivity index (χ2v) is 5.28. The van der Waals surface area contributed by atoms with Crippen LogP contribution in [-0.4, -0.2) is 32.2 Å². The van der Waals surface area contributed by atoms with E-state index in [1.165, 1.54) is 10.5 Å². The van der Waals surface area contributed by atoms with Crippen molar-refractivity contribution in [1.82, 2.24) is 4.98 Å². The van der Waals surface area contributed by atoms with E-state index in [1.807, 2.05) is 18.3 Å². The Kier molecular flexibility index (Phi) is 5.56. The van der Waals surface area contributed by atoms with Crippen LogP contribution in [0.5, 0.6) is 5.75 Å². The van der Waals surface area contributed by atoms with Gasteiger partial charge in [0.2, 0.25) is 0 Å². The Labute approximate surface area is 121 Å². The number of ether oxygens (including phenoxy) is 1. The second-order valence-electron chi connectivity index (χ2n) is 5.28. The quantitative estimate of drug-likeness (QED) is 0.824. The molecule has 0 spiro atoms. The highest BCUT2D eigenvalue weighted by Gasteiger charge is 2.00. The van der Waals surface area contributed by atoms with Crippen molar-refractivity contribution in [3.05, 3.63) is 59.9 Å². The maximum Gasteiger partial charge on any atom is 0.137 e. The van der Waals surface area contributed by atoms with E-state index in [-0.39, 0.29) is 0 Å². The minimum Gasteiger partial charge on any atom is -0.486 e. The van der Waals surface area contributed by atoms with Gasteiger partial charge in [-0.1, -0.05) is 30.3 Å². The minimum atomic E-state index is 0.730. The van der Waals surface area contributed by atoms with E-state index in [1.54, 1.807) is 0 Å². The Balaban J connectivity index is 1.79. The summed E-state index contributed by atoms with van der Waals surface area (Å²) < 4.78 is 5.65. The first-order valence-electron chi connectivity index (χ1n) is 7.15. The number of benzene rings is 1. The van der Waals surface area contributed by atoms with Gasteiger partial charge in [0.05, 0.1) is 20.3 Å². The third-order valence-electron chi connectivity index (χ3n) is 3.18. The van der Waals surface area contributed by atoms with Crippen LogP contribution in [0.25, 0.3) is 0 Å². The largest absolute Gasteiger partial charge is 0.486 e. The number of nitrogens with one attached hydrogen (secondary N) is 1. The molecule has 106 valence electrons. The summed E-state index contributed by atoms with van der Waals surface area (Å²) in [5.41, 5.74) is 2.46. The highest BCUT2D eigenvalue weighted by Crippen LogP contribution is 2.11. The zero-order chi connectivity index (χ0) is 14.2. The molecule has 0 radical (unpaired) electrons. The van der Waals surface area contributed by atoms with Crippen molar-refractivity contribution < 1.29 is 9.64 Å². The van der Waals surface area contributed by atoms with Crippen LogP contribution >= 0.6 is 0 Å². The van der Waals surface area contributed by atoms with Crippen molar-refractivity contribution in [2.24, 2.45) is 0 Å². The molecule has 1 aromatic heterocycles. The number of hydrogen-bond acceptors (Lipinski definition) is 2. The molecular weight excluding hydrogens is 248 g/mol. The number of rotatable bonds is 7. The lowest BCUT2D eigenvalue weighted by atomic mass is 10.1. The van der Waals surface area contributed by atoms with Gasteiger partial charge in [-0.15, -0.1) is 0 Å². The maximum absolute atomic E-state index is 5.65. The first kappa shape index (κ1) is 14.5. The number of aryl methyl sites for hydroxylation is 2. The number of aromatic nitrogens is 1.